The predicted octanol–water partition coefficient (Wildman–Crippen LogP) is 3.79. The summed E-state index contributed by atoms with van der Waals surface area (Å²) < 4.78 is 26.6. The number of fused-ring (bicyclic) bond motifs is 1. The third kappa shape index (κ3) is 3.89. The number of benzene rings is 2. The maximum atomic E-state index is 12.6. The molecule has 0 fully saturated rings. The molecule has 0 N–H and O–H groups in total. The average molecular weight is 398 g/mol. The van der Waals surface area contributed by atoms with Crippen LogP contribution in [0.3, 0.4) is 0 Å². The SMILES string of the molecule is COc1cc(C(=O)OCc2cc(=O)oc3c(C)c(C)ccc23)cc(OC)c1OC. The lowest BCUT2D eigenvalue weighted by atomic mass is 10.0. The summed E-state index contributed by atoms with van der Waals surface area (Å²) in [6.45, 7) is 3.73. The van der Waals surface area contributed by atoms with Gasteiger partial charge in [0.25, 0.3) is 0 Å². The van der Waals surface area contributed by atoms with E-state index < -0.39 is 11.6 Å². The Kier molecular flexibility index (Phi) is 5.77. The largest absolute Gasteiger partial charge is 0.493 e. The van der Waals surface area contributed by atoms with Gasteiger partial charge in [-0.05, 0) is 37.1 Å². The summed E-state index contributed by atoms with van der Waals surface area (Å²) in [5, 5.41) is 0.727. The van der Waals surface area contributed by atoms with Gasteiger partial charge < -0.3 is 23.4 Å². The summed E-state index contributed by atoms with van der Waals surface area (Å²) >= 11 is 0. The van der Waals surface area contributed by atoms with E-state index in [1.54, 1.807) is 0 Å². The fourth-order valence-electron chi connectivity index (χ4n) is 3.07. The maximum absolute atomic E-state index is 12.6. The quantitative estimate of drug-likeness (QED) is 0.461. The number of rotatable bonds is 6. The fourth-order valence-corrected chi connectivity index (χ4v) is 3.07. The second-order valence-corrected chi connectivity index (χ2v) is 6.46. The number of aryl methyl sites for hydroxylation is 2. The molecule has 0 saturated carbocycles. The number of methoxy groups -OCH3 is 3. The van der Waals surface area contributed by atoms with Gasteiger partial charge in [0.1, 0.15) is 12.2 Å². The molecule has 152 valence electrons. The summed E-state index contributed by atoms with van der Waals surface area (Å²) in [7, 11) is 4.41. The zero-order chi connectivity index (χ0) is 21.1. The van der Waals surface area contributed by atoms with Crippen molar-refractivity contribution in [2.24, 2.45) is 0 Å². The first-order chi connectivity index (χ1) is 13.9. The van der Waals surface area contributed by atoms with E-state index >= 15 is 0 Å². The molecule has 3 aromatic rings. The molecule has 2 aromatic carbocycles. The fraction of sp³-hybridized carbons (Fsp3) is 0.273. The number of ether oxygens (including phenoxy) is 4. The zero-order valence-corrected chi connectivity index (χ0v) is 17.0. The van der Waals surface area contributed by atoms with Crippen molar-refractivity contribution in [2.75, 3.05) is 21.3 Å². The van der Waals surface area contributed by atoms with Crippen LogP contribution in [0.2, 0.25) is 0 Å². The highest BCUT2D eigenvalue weighted by Gasteiger charge is 2.19. The summed E-state index contributed by atoms with van der Waals surface area (Å²) in [6.07, 6.45) is 0. The molecule has 0 aliphatic carbocycles. The van der Waals surface area contributed by atoms with Crippen LogP contribution in [-0.4, -0.2) is 27.3 Å². The van der Waals surface area contributed by atoms with E-state index in [1.165, 1.54) is 39.5 Å². The zero-order valence-electron chi connectivity index (χ0n) is 17.0. The Labute approximate surface area is 167 Å². The molecular weight excluding hydrogens is 376 g/mol. The van der Waals surface area contributed by atoms with Crippen LogP contribution in [0, 0.1) is 13.8 Å². The molecule has 0 amide bonds. The molecule has 0 radical (unpaired) electrons. The van der Waals surface area contributed by atoms with Gasteiger partial charge in [0.05, 0.1) is 26.9 Å². The minimum absolute atomic E-state index is 0.0832. The molecule has 0 atom stereocenters. The van der Waals surface area contributed by atoms with Crippen LogP contribution in [0.15, 0.2) is 39.5 Å². The van der Waals surface area contributed by atoms with E-state index in [-0.39, 0.29) is 12.2 Å². The first kappa shape index (κ1) is 20.3. The van der Waals surface area contributed by atoms with E-state index in [0.29, 0.717) is 28.4 Å². The van der Waals surface area contributed by atoms with Crippen molar-refractivity contribution in [2.45, 2.75) is 20.5 Å². The van der Waals surface area contributed by atoms with Crippen molar-refractivity contribution in [1.82, 2.24) is 0 Å². The smallest absolute Gasteiger partial charge is 0.338 e. The maximum Gasteiger partial charge on any atom is 0.338 e. The summed E-state index contributed by atoms with van der Waals surface area (Å²) in [5.74, 6) is 0.477. The molecule has 7 heteroatoms. The Hall–Kier alpha value is -3.48. The monoisotopic (exact) mass is 398 g/mol. The van der Waals surface area contributed by atoms with Crippen LogP contribution >= 0.6 is 0 Å². The number of carbonyl (C=O) groups excluding carboxylic acids is 1. The van der Waals surface area contributed by atoms with Gasteiger partial charge in [0.15, 0.2) is 11.5 Å². The van der Waals surface area contributed by atoms with Gasteiger partial charge >= 0.3 is 11.6 Å². The summed E-state index contributed by atoms with van der Waals surface area (Å²) in [6, 6.07) is 8.13. The number of hydrogen-bond donors (Lipinski definition) is 0. The van der Waals surface area contributed by atoms with Crippen LogP contribution in [0.1, 0.15) is 27.0 Å². The highest BCUT2D eigenvalue weighted by Crippen LogP contribution is 2.38. The third-order valence-electron chi connectivity index (χ3n) is 4.78. The topological polar surface area (TPSA) is 84.2 Å². The number of hydrogen-bond acceptors (Lipinski definition) is 7. The number of carbonyl (C=O) groups is 1. The molecule has 7 nitrogen and oxygen atoms in total. The molecule has 29 heavy (non-hydrogen) atoms. The van der Waals surface area contributed by atoms with Gasteiger partial charge in [-0.2, -0.15) is 0 Å². The normalized spacial score (nSPS) is 10.7. The Morgan fingerprint density at radius 2 is 1.62 bits per heavy atom. The van der Waals surface area contributed by atoms with E-state index in [0.717, 1.165) is 16.5 Å². The molecule has 0 saturated heterocycles. The van der Waals surface area contributed by atoms with Crippen molar-refractivity contribution in [3.63, 3.8) is 0 Å². The third-order valence-corrected chi connectivity index (χ3v) is 4.78. The van der Waals surface area contributed by atoms with Crippen LogP contribution in [-0.2, 0) is 11.3 Å². The molecule has 1 aromatic heterocycles. The molecule has 0 aliphatic rings. The highest BCUT2D eigenvalue weighted by atomic mass is 16.5. The van der Waals surface area contributed by atoms with Crippen LogP contribution in [0.4, 0.5) is 0 Å². The molecule has 0 unspecified atom stereocenters. The second-order valence-electron chi connectivity index (χ2n) is 6.46. The van der Waals surface area contributed by atoms with Crippen molar-refractivity contribution >= 4 is 16.9 Å². The van der Waals surface area contributed by atoms with Crippen LogP contribution in [0.5, 0.6) is 17.2 Å². The molecule has 0 bridgehead atoms. The Morgan fingerprint density at radius 3 is 2.21 bits per heavy atom. The molecular formula is C22H22O7. The van der Waals surface area contributed by atoms with Crippen LogP contribution in [0.25, 0.3) is 11.0 Å². The molecule has 0 spiro atoms. The average Bonchev–Trinajstić information content (AvgIpc) is 2.73. The lowest BCUT2D eigenvalue weighted by Crippen LogP contribution is -2.09. The van der Waals surface area contributed by atoms with Crippen molar-refractivity contribution in [3.8, 4) is 17.2 Å². The van der Waals surface area contributed by atoms with E-state index in [4.69, 9.17) is 23.4 Å². The standard InChI is InChI=1S/C22H22O7/c1-12-6-7-16-15(10-19(23)29-20(16)13(12)2)11-28-22(24)14-8-17(25-3)21(27-5)18(9-14)26-4/h6-10H,11H2,1-5H3. The van der Waals surface area contributed by atoms with Crippen LogP contribution < -0.4 is 19.8 Å². The van der Waals surface area contributed by atoms with Gasteiger partial charge in [-0.3, -0.25) is 0 Å². The van der Waals surface area contributed by atoms with Gasteiger partial charge in [0, 0.05) is 17.0 Å². The Bertz CT molecular complexity index is 1100. The number of esters is 1. The minimum atomic E-state index is -0.588. The van der Waals surface area contributed by atoms with Gasteiger partial charge in [-0.15, -0.1) is 0 Å². The van der Waals surface area contributed by atoms with E-state index in [9.17, 15) is 9.59 Å². The first-order valence-electron chi connectivity index (χ1n) is 8.89. The summed E-state index contributed by atoms with van der Waals surface area (Å²) in [5.41, 5.74) is 2.69. The Morgan fingerprint density at radius 1 is 0.966 bits per heavy atom. The summed E-state index contributed by atoms with van der Waals surface area (Å²) in [4.78, 5) is 24.6. The van der Waals surface area contributed by atoms with E-state index in [1.807, 2.05) is 26.0 Å². The minimum Gasteiger partial charge on any atom is -0.493 e. The highest BCUT2D eigenvalue weighted by molar-refractivity contribution is 5.91. The molecule has 3 rings (SSSR count). The predicted molar refractivity (Wildman–Crippen MR) is 107 cm³/mol. The molecule has 0 aliphatic heterocycles. The van der Waals surface area contributed by atoms with Crippen molar-refractivity contribution in [1.29, 1.82) is 0 Å². The molecule has 1 heterocycles. The van der Waals surface area contributed by atoms with Gasteiger partial charge in [-0.25, -0.2) is 9.59 Å². The van der Waals surface area contributed by atoms with Crippen molar-refractivity contribution in [3.05, 3.63) is 63.0 Å². The second kappa shape index (κ2) is 8.26. The van der Waals surface area contributed by atoms with Gasteiger partial charge in [0.2, 0.25) is 5.75 Å². The first-order valence-corrected chi connectivity index (χ1v) is 8.89. The van der Waals surface area contributed by atoms with Gasteiger partial charge in [-0.1, -0.05) is 12.1 Å². The Balaban J connectivity index is 1.92. The lowest BCUT2D eigenvalue weighted by molar-refractivity contribution is 0.0473. The lowest BCUT2D eigenvalue weighted by Gasteiger charge is -2.14. The van der Waals surface area contributed by atoms with Crippen molar-refractivity contribution < 1.29 is 28.2 Å². The van der Waals surface area contributed by atoms with E-state index in [2.05, 4.69) is 0 Å².